The smallest absolute Gasteiger partial charge is 0.271 e. The van der Waals surface area contributed by atoms with Crippen molar-refractivity contribution >= 4 is 23.1 Å². The fraction of sp³-hybridized carbons (Fsp3) is 0.273. The number of benzene rings is 2. The van der Waals surface area contributed by atoms with Crippen LogP contribution in [0.5, 0.6) is 11.5 Å². The number of hydrogen-bond acceptors (Lipinski definition) is 6. The van der Waals surface area contributed by atoms with Gasteiger partial charge in [-0.1, -0.05) is 23.5 Å². The summed E-state index contributed by atoms with van der Waals surface area (Å²) in [6.45, 7) is 6.20. The van der Waals surface area contributed by atoms with Crippen molar-refractivity contribution in [1.29, 1.82) is 0 Å². The maximum absolute atomic E-state index is 12.9. The van der Waals surface area contributed by atoms with Crippen molar-refractivity contribution in [2.75, 3.05) is 24.8 Å². The number of fused-ring (bicyclic) bond motifs is 1. The molecular formula is C22H23N3O3S. The Kier molecular flexibility index (Phi) is 5.67. The molecule has 4 rings (SSSR count). The summed E-state index contributed by atoms with van der Waals surface area (Å²) in [5.74, 6) is 1.67. The lowest BCUT2D eigenvalue weighted by molar-refractivity contribution is 0.340. The van der Waals surface area contributed by atoms with E-state index in [1.54, 1.807) is 4.57 Å². The molecule has 0 radical (unpaired) electrons. The molecule has 0 N–H and O–H groups in total. The zero-order valence-electron chi connectivity index (χ0n) is 16.5. The van der Waals surface area contributed by atoms with Gasteiger partial charge in [0, 0.05) is 5.69 Å². The van der Waals surface area contributed by atoms with Crippen molar-refractivity contribution in [3.05, 3.63) is 73.8 Å². The monoisotopic (exact) mass is 409 g/mol. The van der Waals surface area contributed by atoms with Crippen LogP contribution in [0.25, 0.3) is 6.08 Å². The van der Waals surface area contributed by atoms with E-state index in [0.717, 1.165) is 27.6 Å². The first-order valence-corrected chi connectivity index (χ1v) is 10.5. The van der Waals surface area contributed by atoms with Crippen molar-refractivity contribution in [1.82, 2.24) is 4.57 Å². The van der Waals surface area contributed by atoms with Crippen molar-refractivity contribution in [2.45, 2.75) is 20.5 Å². The highest BCUT2D eigenvalue weighted by Gasteiger charge is 2.16. The molecular weight excluding hydrogens is 386 g/mol. The average molecular weight is 410 g/mol. The molecule has 0 spiro atoms. The number of ether oxygens (including phenoxy) is 2. The van der Waals surface area contributed by atoms with E-state index in [0.29, 0.717) is 31.1 Å². The van der Waals surface area contributed by atoms with Gasteiger partial charge in [0.2, 0.25) is 0 Å². The molecule has 0 amide bonds. The van der Waals surface area contributed by atoms with Crippen LogP contribution in [-0.4, -0.2) is 24.4 Å². The van der Waals surface area contributed by atoms with Crippen LogP contribution in [0.3, 0.4) is 0 Å². The quantitative estimate of drug-likeness (QED) is 0.628. The Bertz CT molecular complexity index is 1150. The Morgan fingerprint density at radius 2 is 1.62 bits per heavy atom. The van der Waals surface area contributed by atoms with Gasteiger partial charge in [0.25, 0.3) is 5.56 Å². The van der Waals surface area contributed by atoms with Gasteiger partial charge in [-0.3, -0.25) is 9.36 Å². The predicted molar refractivity (Wildman–Crippen MR) is 115 cm³/mol. The molecule has 0 saturated heterocycles. The normalized spacial score (nSPS) is 13.7. The third-order valence-corrected chi connectivity index (χ3v) is 5.62. The lowest BCUT2D eigenvalue weighted by Crippen LogP contribution is -2.42. The fourth-order valence-corrected chi connectivity index (χ4v) is 4.14. The topological polar surface area (TPSA) is 56.1 Å². The van der Waals surface area contributed by atoms with E-state index in [9.17, 15) is 4.79 Å². The zero-order valence-corrected chi connectivity index (χ0v) is 17.3. The van der Waals surface area contributed by atoms with Crippen LogP contribution in [0.4, 0.5) is 5.69 Å². The first-order valence-electron chi connectivity index (χ1n) is 9.64. The van der Waals surface area contributed by atoms with Gasteiger partial charge in [-0.15, -0.1) is 0 Å². The fourth-order valence-electron chi connectivity index (χ4n) is 3.17. The van der Waals surface area contributed by atoms with Gasteiger partial charge in [0.15, 0.2) is 4.80 Å². The first kappa shape index (κ1) is 19.3. The summed E-state index contributed by atoms with van der Waals surface area (Å²) < 4.78 is 13.4. The molecule has 29 heavy (non-hydrogen) atoms. The molecule has 0 atom stereocenters. The van der Waals surface area contributed by atoms with E-state index in [2.05, 4.69) is 9.89 Å². The van der Waals surface area contributed by atoms with Crippen molar-refractivity contribution in [3.63, 3.8) is 0 Å². The van der Waals surface area contributed by atoms with Crippen LogP contribution in [0.15, 0.2) is 58.3 Å². The van der Waals surface area contributed by atoms with Crippen LogP contribution in [0, 0.1) is 0 Å². The van der Waals surface area contributed by atoms with Gasteiger partial charge in [0.05, 0.1) is 17.7 Å². The van der Waals surface area contributed by atoms with Crippen molar-refractivity contribution in [2.24, 2.45) is 4.99 Å². The molecule has 2 aromatic carbocycles. The number of aromatic nitrogens is 1. The third kappa shape index (κ3) is 4.19. The van der Waals surface area contributed by atoms with Gasteiger partial charge in [-0.2, -0.15) is 0 Å². The van der Waals surface area contributed by atoms with E-state index in [4.69, 9.17) is 9.47 Å². The SMILES string of the molecule is CCOc1ccc(C=c2sc3n(c2=O)CN(c2ccc(OCC)cc2)CN=3)cc1. The van der Waals surface area contributed by atoms with E-state index >= 15 is 0 Å². The summed E-state index contributed by atoms with van der Waals surface area (Å²) in [6.07, 6.45) is 1.91. The molecule has 0 fully saturated rings. The second kappa shape index (κ2) is 8.53. The highest BCUT2D eigenvalue weighted by molar-refractivity contribution is 7.07. The van der Waals surface area contributed by atoms with Crippen LogP contribution in [-0.2, 0) is 6.67 Å². The lowest BCUT2D eigenvalue weighted by Gasteiger charge is -2.25. The van der Waals surface area contributed by atoms with Crippen LogP contribution < -0.4 is 29.3 Å². The summed E-state index contributed by atoms with van der Waals surface area (Å²) >= 11 is 1.43. The maximum atomic E-state index is 12.9. The standard InChI is InChI=1S/C22H23N3O3S/c1-3-27-18-9-5-16(6-10-18)13-20-21(26)25-15-24(14-23-22(25)29-20)17-7-11-19(12-8-17)28-4-2/h5-13H,3-4,14-15H2,1-2H3. The van der Waals surface area contributed by atoms with E-state index in [1.807, 2.05) is 68.5 Å². The Morgan fingerprint density at radius 3 is 2.24 bits per heavy atom. The summed E-state index contributed by atoms with van der Waals surface area (Å²) in [4.78, 5) is 20.3. The summed E-state index contributed by atoms with van der Waals surface area (Å²) in [6, 6.07) is 15.6. The molecule has 0 bridgehead atoms. The molecule has 1 aliphatic heterocycles. The second-order valence-electron chi connectivity index (χ2n) is 6.54. The van der Waals surface area contributed by atoms with Gasteiger partial charge in [-0.25, -0.2) is 4.99 Å². The molecule has 1 aliphatic rings. The van der Waals surface area contributed by atoms with E-state index in [1.165, 1.54) is 11.3 Å². The number of nitrogens with zero attached hydrogens (tertiary/aromatic N) is 3. The summed E-state index contributed by atoms with van der Waals surface area (Å²) in [5, 5.41) is 0. The lowest BCUT2D eigenvalue weighted by atomic mass is 10.2. The first-order chi connectivity index (χ1) is 14.2. The Hall–Kier alpha value is -3.06. The van der Waals surface area contributed by atoms with E-state index in [-0.39, 0.29) is 5.56 Å². The average Bonchev–Trinajstić information content (AvgIpc) is 3.05. The van der Waals surface area contributed by atoms with Crippen molar-refractivity contribution in [3.8, 4) is 11.5 Å². The van der Waals surface area contributed by atoms with Crippen LogP contribution >= 0.6 is 11.3 Å². The van der Waals surface area contributed by atoms with Gasteiger partial charge in [0.1, 0.15) is 24.8 Å². The summed E-state index contributed by atoms with van der Waals surface area (Å²) in [7, 11) is 0. The zero-order chi connectivity index (χ0) is 20.2. The third-order valence-electron chi connectivity index (χ3n) is 4.58. The van der Waals surface area contributed by atoms with Gasteiger partial charge >= 0.3 is 0 Å². The molecule has 0 unspecified atom stereocenters. The Morgan fingerprint density at radius 1 is 1.00 bits per heavy atom. The minimum absolute atomic E-state index is 0.0155. The summed E-state index contributed by atoms with van der Waals surface area (Å²) in [5.41, 5.74) is 1.96. The highest BCUT2D eigenvalue weighted by atomic mass is 32.1. The molecule has 3 aromatic rings. The van der Waals surface area contributed by atoms with Crippen LogP contribution in [0.1, 0.15) is 19.4 Å². The highest BCUT2D eigenvalue weighted by Crippen LogP contribution is 2.20. The van der Waals surface area contributed by atoms with Gasteiger partial charge in [-0.05, 0) is 61.9 Å². The maximum Gasteiger partial charge on any atom is 0.271 e. The largest absolute Gasteiger partial charge is 0.494 e. The predicted octanol–water partition coefficient (Wildman–Crippen LogP) is 2.59. The molecule has 6 nitrogen and oxygen atoms in total. The van der Waals surface area contributed by atoms with Crippen molar-refractivity contribution < 1.29 is 9.47 Å². The number of hydrogen-bond donors (Lipinski definition) is 0. The molecule has 0 saturated carbocycles. The molecule has 2 heterocycles. The Balaban J connectivity index is 1.58. The molecule has 150 valence electrons. The van der Waals surface area contributed by atoms with Crippen LogP contribution in [0.2, 0.25) is 0 Å². The van der Waals surface area contributed by atoms with E-state index < -0.39 is 0 Å². The number of thiazole rings is 1. The Labute approximate surface area is 173 Å². The van der Waals surface area contributed by atoms with Gasteiger partial charge < -0.3 is 14.4 Å². The minimum atomic E-state index is -0.0155. The molecule has 1 aromatic heterocycles. The second-order valence-corrected chi connectivity index (χ2v) is 7.55. The molecule has 7 heteroatoms. The number of anilines is 1. The minimum Gasteiger partial charge on any atom is -0.494 e. The molecule has 0 aliphatic carbocycles. The number of rotatable bonds is 6.